The largest absolute Gasteiger partial charge is 0.369 e. The monoisotopic (exact) mass is 423 g/mol. The van der Waals surface area contributed by atoms with Gasteiger partial charge >= 0.3 is 0 Å². The molecule has 0 bridgehead atoms. The van der Waals surface area contributed by atoms with Crippen molar-refractivity contribution in [3.05, 3.63) is 59.1 Å². The van der Waals surface area contributed by atoms with Crippen molar-refractivity contribution in [1.82, 2.24) is 14.9 Å². The second kappa shape index (κ2) is 7.66. The van der Waals surface area contributed by atoms with Crippen LogP contribution < -0.4 is 10.6 Å². The van der Waals surface area contributed by atoms with Gasteiger partial charge in [-0.25, -0.2) is 9.97 Å². The van der Waals surface area contributed by atoms with E-state index in [9.17, 15) is 0 Å². The smallest absolute Gasteiger partial charge is 0.221 e. The van der Waals surface area contributed by atoms with Crippen LogP contribution >= 0.6 is 15.9 Å². The number of nitrogen functional groups attached to an aromatic ring is 1. The fourth-order valence-corrected chi connectivity index (χ4v) is 3.72. The molecule has 2 heterocycles. The summed E-state index contributed by atoms with van der Waals surface area (Å²) in [7, 11) is 2.17. The average molecular weight is 424 g/mol. The summed E-state index contributed by atoms with van der Waals surface area (Å²) in [6.07, 6.45) is 0. The molecule has 0 saturated carbocycles. The zero-order valence-corrected chi connectivity index (χ0v) is 16.9. The SMILES string of the molecule is CN1CCN(c2ccc(-c3cc(-c4cccc(Br)c4)nc(N)n3)cc2)CC1. The standard InChI is InChI=1S/C21H22BrN5/c1-26-9-11-27(12-10-26)18-7-5-15(6-8-18)19-14-20(25-21(23)24-19)16-3-2-4-17(22)13-16/h2-8,13-14H,9-12H2,1H3,(H2,23,24,25). The number of nitrogens with two attached hydrogens (primary N) is 1. The van der Waals surface area contributed by atoms with Gasteiger partial charge in [0.25, 0.3) is 0 Å². The molecule has 2 aromatic carbocycles. The molecular weight excluding hydrogens is 402 g/mol. The lowest BCUT2D eigenvalue weighted by atomic mass is 10.1. The van der Waals surface area contributed by atoms with Crippen LogP contribution in [0.25, 0.3) is 22.5 Å². The Labute approximate surface area is 168 Å². The molecule has 1 saturated heterocycles. The fourth-order valence-electron chi connectivity index (χ4n) is 3.32. The summed E-state index contributed by atoms with van der Waals surface area (Å²) in [5.74, 6) is 0.283. The van der Waals surface area contributed by atoms with Crippen LogP contribution in [-0.4, -0.2) is 48.1 Å². The highest BCUT2D eigenvalue weighted by atomic mass is 79.9. The Morgan fingerprint density at radius 3 is 2.19 bits per heavy atom. The van der Waals surface area contributed by atoms with Crippen molar-refractivity contribution in [3.63, 3.8) is 0 Å². The van der Waals surface area contributed by atoms with E-state index in [1.54, 1.807) is 0 Å². The van der Waals surface area contributed by atoms with Crippen molar-refractivity contribution in [1.29, 1.82) is 0 Å². The summed E-state index contributed by atoms with van der Waals surface area (Å²) >= 11 is 3.51. The Kier molecular flexibility index (Phi) is 5.09. The van der Waals surface area contributed by atoms with Crippen LogP contribution in [0, 0.1) is 0 Å². The average Bonchev–Trinajstić information content (AvgIpc) is 2.68. The molecular formula is C21H22BrN5. The van der Waals surface area contributed by atoms with E-state index >= 15 is 0 Å². The number of halogens is 1. The third kappa shape index (κ3) is 4.12. The molecule has 2 N–H and O–H groups in total. The first kappa shape index (κ1) is 17.9. The van der Waals surface area contributed by atoms with Gasteiger partial charge in [0.15, 0.2) is 0 Å². The maximum absolute atomic E-state index is 5.99. The van der Waals surface area contributed by atoms with Crippen molar-refractivity contribution in [3.8, 4) is 22.5 Å². The molecule has 3 aromatic rings. The van der Waals surface area contributed by atoms with E-state index in [1.807, 2.05) is 30.3 Å². The van der Waals surface area contributed by atoms with E-state index in [-0.39, 0.29) is 5.95 Å². The fraction of sp³-hybridized carbons (Fsp3) is 0.238. The van der Waals surface area contributed by atoms with E-state index in [0.29, 0.717) is 0 Å². The summed E-state index contributed by atoms with van der Waals surface area (Å²) in [6, 6.07) is 18.6. The van der Waals surface area contributed by atoms with E-state index in [1.165, 1.54) is 5.69 Å². The van der Waals surface area contributed by atoms with Gasteiger partial charge in [-0.3, -0.25) is 0 Å². The molecule has 1 fully saturated rings. The van der Waals surface area contributed by atoms with Gasteiger partial charge in [0.2, 0.25) is 5.95 Å². The summed E-state index contributed by atoms with van der Waals surface area (Å²) in [4.78, 5) is 13.6. The Morgan fingerprint density at radius 2 is 1.52 bits per heavy atom. The lowest BCUT2D eigenvalue weighted by molar-refractivity contribution is 0.313. The number of likely N-dealkylation sites (N-methyl/N-ethyl adjacent to an activating group) is 1. The molecule has 5 nitrogen and oxygen atoms in total. The van der Waals surface area contributed by atoms with Crippen molar-refractivity contribution in [2.75, 3.05) is 43.9 Å². The third-order valence-corrected chi connectivity index (χ3v) is 5.39. The molecule has 1 aliphatic rings. The Balaban J connectivity index is 1.61. The van der Waals surface area contributed by atoms with Gasteiger partial charge in [-0.1, -0.05) is 40.2 Å². The van der Waals surface area contributed by atoms with Gasteiger partial charge in [0, 0.05) is 47.5 Å². The highest BCUT2D eigenvalue weighted by Gasteiger charge is 2.14. The van der Waals surface area contributed by atoms with Crippen molar-refractivity contribution in [2.45, 2.75) is 0 Å². The van der Waals surface area contributed by atoms with Crippen LogP contribution in [0.15, 0.2) is 59.1 Å². The minimum atomic E-state index is 0.283. The topological polar surface area (TPSA) is 58.3 Å². The second-order valence-electron chi connectivity index (χ2n) is 6.84. The minimum Gasteiger partial charge on any atom is -0.369 e. The van der Waals surface area contributed by atoms with Crippen LogP contribution in [0.2, 0.25) is 0 Å². The van der Waals surface area contributed by atoms with Crippen LogP contribution in [0.1, 0.15) is 0 Å². The van der Waals surface area contributed by atoms with Crippen LogP contribution in [-0.2, 0) is 0 Å². The summed E-state index contributed by atoms with van der Waals surface area (Å²) in [5.41, 5.74) is 10.9. The molecule has 0 atom stereocenters. The Bertz CT molecular complexity index is 934. The van der Waals surface area contributed by atoms with Crippen LogP contribution in [0.5, 0.6) is 0 Å². The van der Waals surface area contributed by atoms with Crippen molar-refractivity contribution >= 4 is 27.6 Å². The number of benzene rings is 2. The van der Waals surface area contributed by atoms with E-state index in [2.05, 4.69) is 67.0 Å². The predicted molar refractivity (Wildman–Crippen MR) is 115 cm³/mol. The summed E-state index contributed by atoms with van der Waals surface area (Å²) < 4.78 is 1.01. The summed E-state index contributed by atoms with van der Waals surface area (Å²) in [5, 5.41) is 0. The van der Waals surface area contributed by atoms with Gasteiger partial charge in [0.05, 0.1) is 11.4 Å². The van der Waals surface area contributed by atoms with Gasteiger partial charge in [-0.15, -0.1) is 0 Å². The zero-order valence-electron chi connectivity index (χ0n) is 15.3. The van der Waals surface area contributed by atoms with Gasteiger partial charge in [-0.05, 0) is 37.4 Å². The van der Waals surface area contributed by atoms with Crippen molar-refractivity contribution < 1.29 is 0 Å². The predicted octanol–water partition coefficient (Wildman–Crippen LogP) is 3.91. The van der Waals surface area contributed by atoms with Gasteiger partial charge < -0.3 is 15.5 Å². The molecule has 27 heavy (non-hydrogen) atoms. The molecule has 1 aliphatic heterocycles. The zero-order chi connectivity index (χ0) is 18.8. The molecule has 4 rings (SSSR count). The molecule has 0 amide bonds. The number of anilines is 2. The normalized spacial score (nSPS) is 15.1. The molecule has 0 spiro atoms. The van der Waals surface area contributed by atoms with Gasteiger partial charge in [-0.2, -0.15) is 0 Å². The van der Waals surface area contributed by atoms with Crippen LogP contribution in [0.4, 0.5) is 11.6 Å². The molecule has 0 radical (unpaired) electrons. The first-order valence-electron chi connectivity index (χ1n) is 9.03. The Hall–Kier alpha value is -2.44. The summed E-state index contributed by atoms with van der Waals surface area (Å²) in [6.45, 7) is 4.31. The number of piperazine rings is 1. The number of nitrogens with zero attached hydrogens (tertiary/aromatic N) is 4. The highest BCUT2D eigenvalue weighted by Crippen LogP contribution is 2.28. The first-order chi connectivity index (χ1) is 13.1. The minimum absolute atomic E-state index is 0.283. The van der Waals surface area contributed by atoms with E-state index in [0.717, 1.165) is 53.2 Å². The van der Waals surface area contributed by atoms with E-state index < -0.39 is 0 Å². The van der Waals surface area contributed by atoms with E-state index in [4.69, 9.17) is 5.73 Å². The van der Waals surface area contributed by atoms with Crippen molar-refractivity contribution in [2.24, 2.45) is 0 Å². The lowest BCUT2D eigenvalue weighted by Crippen LogP contribution is -2.44. The number of rotatable bonds is 3. The maximum Gasteiger partial charge on any atom is 0.221 e. The molecule has 138 valence electrons. The quantitative estimate of drug-likeness (QED) is 0.691. The molecule has 0 aliphatic carbocycles. The number of hydrogen-bond acceptors (Lipinski definition) is 5. The van der Waals surface area contributed by atoms with Crippen LogP contribution in [0.3, 0.4) is 0 Å². The Morgan fingerprint density at radius 1 is 0.852 bits per heavy atom. The number of aromatic nitrogens is 2. The van der Waals surface area contributed by atoms with Gasteiger partial charge in [0.1, 0.15) is 0 Å². The highest BCUT2D eigenvalue weighted by molar-refractivity contribution is 9.10. The third-order valence-electron chi connectivity index (χ3n) is 4.90. The lowest BCUT2D eigenvalue weighted by Gasteiger charge is -2.34. The second-order valence-corrected chi connectivity index (χ2v) is 7.76. The maximum atomic E-state index is 5.99. The first-order valence-corrected chi connectivity index (χ1v) is 9.82. The molecule has 6 heteroatoms. The molecule has 0 unspecified atom stereocenters. The number of hydrogen-bond donors (Lipinski definition) is 1. The molecule has 1 aromatic heterocycles.